The number of nitrogens with one attached hydrogen (secondary N) is 1. The van der Waals surface area contributed by atoms with Crippen molar-refractivity contribution < 1.29 is 4.79 Å². The van der Waals surface area contributed by atoms with Gasteiger partial charge in [-0.05, 0) is 36.4 Å². The Hall–Kier alpha value is -0.740. The van der Waals surface area contributed by atoms with Crippen molar-refractivity contribution >= 4 is 62.3 Å². The summed E-state index contributed by atoms with van der Waals surface area (Å²) in [6.45, 7) is 0. The molecule has 98 valence electrons. The monoisotopic (exact) mass is 377 g/mol. The van der Waals surface area contributed by atoms with Gasteiger partial charge in [0.25, 0.3) is 5.91 Å². The van der Waals surface area contributed by atoms with Gasteiger partial charge in [-0.15, -0.1) is 0 Å². The van der Waals surface area contributed by atoms with Gasteiger partial charge >= 0.3 is 0 Å². The Morgan fingerprint density at radius 1 is 0.947 bits per heavy atom. The molecule has 0 saturated carbocycles. The van der Waals surface area contributed by atoms with Crippen LogP contribution in [0.4, 0.5) is 5.69 Å². The summed E-state index contributed by atoms with van der Waals surface area (Å²) in [5.41, 5.74) is 0.939. The quantitative estimate of drug-likeness (QED) is 0.716. The van der Waals surface area contributed by atoms with Crippen LogP contribution in [0.2, 0.25) is 15.1 Å². The van der Waals surface area contributed by atoms with E-state index in [9.17, 15) is 4.79 Å². The highest BCUT2D eigenvalue weighted by Gasteiger charge is 2.10. The number of benzene rings is 2. The SMILES string of the molecule is O=C(Nc1ccc(Br)cc1Cl)c1ccc(Cl)c(Cl)c1. The molecule has 1 N–H and O–H groups in total. The Kier molecular flexibility index (Phi) is 4.74. The zero-order chi connectivity index (χ0) is 14.0. The third-order valence-corrected chi connectivity index (χ3v) is 3.91. The first kappa shape index (κ1) is 14.7. The molecule has 2 nitrogen and oxygen atoms in total. The molecule has 0 aliphatic heterocycles. The fourth-order valence-electron chi connectivity index (χ4n) is 1.42. The molecule has 0 aliphatic rings. The average molecular weight is 379 g/mol. The lowest BCUT2D eigenvalue weighted by molar-refractivity contribution is 0.102. The van der Waals surface area contributed by atoms with Crippen LogP contribution < -0.4 is 5.32 Å². The second kappa shape index (κ2) is 6.14. The second-order valence-corrected chi connectivity index (χ2v) is 5.84. The molecular formula is C13H7BrCl3NO. The summed E-state index contributed by atoms with van der Waals surface area (Å²) in [6.07, 6.45) is 0. The normalized spacial score (nSPS) is 10.3. The Morgan fingerprint density at radius 3 is 2.32 bits per heavy atom. The van der Waals surface area contributed by atoms with Gasteiger partial charge in [0.1, 0.15) is 0 Å². The van der Waals surface area contributed by atoms with Crippen LogP contribution in [0, 0.1) is 0 Å². The van der Waals surface area contributed by atoms with E-state index in [0.29, 0.717) is 26.3 Å². The van der Waals surface area contributed by atoms with Gasteiger partial charge in [0.15, 0.2) is 0 Å². The second-order valence-electron chi connectivity index (χ2n) is 3.71. The van der Waals surface area contributed by atoms with Gasteiger partial charge in [-0.2, -0.15) is 0 Å². The molecule has 0 aliphatic carbocycles. The lowest BCUT2D eigenvalue weighted by Gasteiger charge is -2.08. The molecule has 0 unspecified atom stereocenters. The zero-order valence-electron chi connectivity index (χ0n) is 9.38. The molecule has 6 heteroatoms. The molecule has 0 aromatic heterocycles. The summed E-state index contributed by atoms with van der Waals surface area (Å²) in [6, 6.07) is 9.87. The molecule has 0 heterocycles. The van der Waals surface area contributed by atoms with E-state index < -0.39 is 0 Å². The van der Waals surface area contributed by atoms with Crippen molar-refractivity contribution in [3.05, 3.63) is 61.5 Å². The first-order valence-electron chi connectivity index (χ1n) is 5.19. The topological polar surface area (TPSA) is 29.1 Å². The van der Waals surface area contributed by atoms with Crippen LogP contribution in [0.5, 0.6) is 0 Å². The fourth-order valence-corrected chi connectivity index (χ4v) is 2.44. The van der Waals surface area contributed by atoms with Crippen molar-refractivity contribution in [2.75, 3.05) is 5.32 Å². The predicted molar refractivity (Wildman–Crippen MR) is 83.6 cm³/mol. The Morgan fingerprint density at radius 2 is 1.68 bits per heavy atom. The van der Waals surface area contributed by atoms with Gasteiger partial charge in [0, 0.05) is 10.0 Å². The van der Waals surface area contributed by atoms with Gasteiger partial charge < -0.3 is 5.32 Å². The Bertz CT molecular complexity index is 646. The first-order chi connectivity index (χ1) is 8.97. The number of anilines is 1. The van der Waals surface area contributed by atoms with E-state index in [1.54, 1.807) is 30.3 Å². The molecule has 1 amide bonds. The van der Waals surface area contributed by atoms with E-state index in [1.807, 2.05) is 0 Å². The van der Waals surface area contributed by atoms with E-state index in [0.717, 1.165) is 4.47 Å². The van der Waals surface area contributed by atoms with E-state index in [1.165, 1.54) is 6.07 Å². The highest BCUT2D eigenvalue weighted by atomic mass is 79.9. The maximum Gasteiger partial charge on any atom is 0.255 e. The zero-order valence-corrected chi connectivity index (χ0v) is 13.2. The molecular weight excluding hydrogens is 372 g/mol. The van der Waals surface area contributed by atoms with Crippen molar-refractivity contribution in [3.8, 4) is 0 Å². The fraction of sp³-hybridized carbons (Fsp3) is 0. The maximum atomic E-state index is 12.0. The molecule has 0 atom stereocenters. The molecule has 19 heavy (non-hydrogen) atoms. The van der Waals surface area contributed by atoms with E-state index in [4.69, 9.17) is 34.8 Å². The van der Waals surface area contributed by atoms with Crippen molar-refractivity contribution in [1.29, 1.82) is 0 Å². The number of rotatable bonds is 2. The standard InChI is InChI=1S/C13H7BrCl3NO/c14-8-2-4-12(11(17)6-8)18-13(19)7-1-3-9(15)10(16)5-7/h1-6H,(H,18,19). The molecule has 2 rings (SSSR count). The van der Waals surface area contributed by atoms with Crippen molar-refractivity contribution in [3.63, 3.8) is 0 Å². The maximum absolute atomic E-state index is 12.0. The minimum absolute atomic E-state index is 0.303. The van der Waals surface area contributed by atoms with E-state index >= 15 is 0 Å². The number of carbonyl (C=O) groups excluding carboxylic acids is 1. The summed E-state index contributed by atoms with van der Waals surface area (Å²) in [7, 11) is 0. The number of halogens is 4. The van der Waals surface area contributed by atoms with Gasteiger partial charge in [0.2, 0.25) is 0 Å². The highest BCUT2D eigenvalue weighted by Crippen LogP contribution is 2.27. The van der Waals surface area contributed by atoms with Crippen molar-refractivity contribution in [2.24, 2.45) is 0 Å². The van der Waals surface area contributed by atoms with Gasteiger partial charge in [0.05, 0.1) is 20.8 Å². The third kappa shape index (κ3) is 3.63. The Balaban J connectivity index is 2.23. The summed E-state index contributed by atoms with van der Waals surface area (Å²) in [5, 5.41) is 3.89. The number of amides is 1. The van der Waals surface area contributed by atoms with Crippen LogP contribution in [0.3, 0.4) is 0 Å². The molecule has 0 fully saturated rings. The minimum Gasteiger partial charge on any atom is -0.321 e. The van der Waals surface area contributed by atoms with Crippen LogP contribution in [-0.4, -0.2) is 5.91 Å². The summed E-state index contributed by atoms with van der Waals surface area (Å²) >= 11 is 21.0. The number of carbonyl (C=O) groups is 1. The third-order valence-electron chi connectivity index (χ3n) is 2.36. The van der Waals surface area contributed by atoms with Gasteiger partial charge in [-0.3, -0.25) is 4.79 Å². The first-order valence-corrected chi connectivity index (χ1v) is 7.11. The summed E-state index contributed by atoms with van der Waals surface area (Å²) in [5.74, 6) is -0.303. The predicted octanol–water partition coefficient (Wildman–Crippen LogP) is 5.66. The highest BCUT2D eigenvalue weighted by molar-refractivity contribution is 9.10. The molecule has 0 radical (unpaired) electrons. The van der Waals surface area contributed by atoms with Crippen LogP contribution in [0.15, 0.2) is 40.9 Å². The molecule has 0 bridgehead atoms. The van der Waals surface area contributed by atoms with E-state index in [-0.39, 0.29) is 5.91 Å². The molecule has 2 aromatic rings. The van der Waals surface area contributed by atoms with Crippen molar-refractivity contribution in [2.45, 2.75) is 0 Å². The van der Waals surface area contributed by atoms with Crippen LogP contribution >= 0.6 is 50.7 Å². The van der Waals surface area contributed by atoms with Crippen LogP contribution in [-0.2, 0) is 0 Å². The number of hydrogen-bond donors (Lipinski definition) is 1. The molecule has 0 saturated heterocycles. The summed E-state index contributed by atoms with van der Waals surface area (Å²) < 4.78 is 0.838. The number of hydrogen-bond acceptors (Lipinski definition) is 1. The van der Waals surface area contributed by atoms with Crippen LogP contribution in [0.1, 0.15) is 10.4 Å². The van der Waals surface area contributed by atoms with Crippen molar-refractivity contribution in [1.82, 2.24) is 0 Å². The van der Waals surface area contributed by atoms with E-state index in [2.05, 4.69) is 21.2 Å². The van der Waals surface area contributed by atoms with Crippen LogP contribution in [0.25, 0.3) is 0 Å². The minimum atomic E-state index is -0.303. The lowest BCUT2D eigenvalue weighted by atomic mass is 10.2. The lowest BCUT2D eigenvalue weighted by Crippen LogP contribution is -2.12. The smallest absolute Gasteiger partial charge is 0.255 e. The molecule has 0 spiro atoms. The van der Waals surface area contributed by atoms with Gasteiger partial charge in [-0.25, -0.2) is 0 Å². The Labute approximate surface area is 133 Å². The molecule has 2 aromatic carbocycles. The largest absolute Gasteiger partial charge is 0.321 e. The van der Waals surface area contributed by atoms with Gasteiger partial charge in [-0.1, -0.05) is 50.7 Å². The average Bonchev–Trinajstić information content (AvgIpc) is 2.36. The summed E-state index contributed by atoms with van der Waals surface area (Å²) in [4.78, 5) is 12.0.